The summed E-state index contributed by atoms with van der Waals surface area (Å²) in [6, 6.07) is 8.76. The van der Waals surface area contributed by atoms with Crippen LogP contribution in [0.1, 0.15) is 23.8 Å². The van der Waals surface area contributed by atoms with E-state index < -0.39 is 18.0 Å². The summed E-state index contributed by atoms with van der Waals surface area (Å²) >= 11 is 0. The van der Waals surface area contributed by atoms with Crippen LogP contribution in [0.3, 0.4) is 0 Å². The van der Waals surface area contributed by atoms with Crippen molar-refractivity contribution in [2.75, 3.05) is 12.4 Å². The summed E-state index contributed by atoms with van der Waals surface area (Å²) in [6.45, 7) is 1.72. The maximum atomic E-state index is 12.5. The molecule has 1 N–H and O–H groups in total. The molecule has 1 fully saturated rings. The van der Waals surface area contributed by atoms with Gasteiger partial charge in [-0.1, -0.05) is 23.4 Å². The largest absolute Gasteiger partial charge is 0.496 e. The summed E-state index contributed by atoms with van der Waals surface area (Å²) in [6.07, 6.45) is -0.683. The number of nitrogens with one attached hydrogen (secondary N) is 1. The van der Waals surface area contributed by atoms with Crippen LogP contribution in [0.5, 0.6) is 5.75 Å². The molecule has 1 aliphatic rings. The third kappa shape index (κ3) is 3.03. The number of para-hydroxylation sites is 1. The van der Waals surface area contributed by atoms with E-state index in [0.717, 1.165) is 0 Å². The van der Waals surface area contributed by atoms with Gasteiger partial charge in [0.2, 0.25) is 5.91 Å². The van der Waals surface area contributed by atoms with E-state index in [1.54, 1.807) is 31.2 Å². The number of aryl methyl sites for hydroxylation is 1. The first kappa shape index (κ1) is 15.1. The van der Waals surface area contributed by atoms with Crippen molar-refractivity contribution in [3.05, 3.63) is 41.7 Å². The Labute approximate surface area is 132 Å². The summed E-state index contributed by atoms with van der Waals surface area (Å²) in [5, 5.41) is 6.37. The number of hydrogen-bond donors (Lipinski definition) is 1. The standard InChI is InChI=1S/C16H16N2O5/c1-9-7-13(18-23-9)17-16(20)11-8-14(19)22-15(11)10-5-3-4-6-12(10)21-2/h3-7,11,15H,8H2,1-2H3,(H,17,18,20)/t11-,15+/m1/s1. The van der Waals surface area contributed by atoms with Gasteiger partial charge in [-0.3, -0.25) is 9.59 Å². The van der Waals surface area contributed by atoms with Crippen molar-refractivity contribution in [3.63, 3.8) is 0 Å². The van der Waals surface area contributed by atoms with Gasteiger partial charge in [0.05, 0.1) is 19.4 Å². The molecule has 0 unspecified atom stereocenters. The number of aromatic nitrogens is 1. The van der Waals surface area contributed by atoms with Crippen LogP contribution in [-0.2, 0) is 14.3 Å². The molecule has 2 heterocycles. The number of nitrogens with zero attached hydrogens (tertiary/aromatic N) is 1. The van der Waals surface area contributed by atoms with Crippen LogP contribution >= 0.6 is 0 Å². The van der Waals surface area contributed by atoms with E-state index in [4.69, 9.17) is 14.0 Å². The molecule has 2 aromatic rings. The van der Waals surface area contributed by atoms with Crippen LogP contribution in [-0.4, -0.2) is 24.1 Å². The summed E-state index contributed by atoms with van der Waals surface area (Å²) in [5.41, 5.74) is 0.664. The molecule has 0 spiro atoms. The van der Waals surface area contributed by atoms with Crippen molar-refractivity contribution in [1.29, 1.82) is 0 Å². The number of amides is 1. The normalized spacial score (nSPS) is 20.2. The fourth-order valence-corrected chi connectivity index (χ4v) is 2.61. The molecule has 1 saturated heterocycles. The summed E-state index contributed by atoms with van der Waals surface area (Å²) in [5.74, 6) is 0.0430. The Balaban J connectivity index is 1.84. The number of benzene rings is 1. The lowest BCUT2D eigenvalue weighted by Crippen LogP contribution is -2.25. The van der Waals surface area contributed by atoms with Gasteiger partial charge in [-0.15, -0.1) is 0 Å². The van der Waals surface area contributed by atoms with E-state index in [1.165, 1.54) is 7.11 Å². The molecule has 2 atom stereocenters. The molecule has 1 amide bonds. The Kier molecular flexibility index (Phi) is 4.01. The molecule has 0 bridgehead atoms. The van der Waals surface area contributed by atoms with E-state index in [2.05, 4.69) is 10.5 Å². The van der Waals surface area contributed by atoms with Crippen molar-refractivity contribution in [2.45, 2.75) is 19.4 Å². The van der Waals surface area contributed by atoms with E-state index in [-0.39, 0.29) is 12.3 Å². The minimum absolute atomic E-state index is 0.00534. The first-order valence-corrected chi connectivity index (χ1v) is 7.15. The average Bonchev–Trinajstić information content (AvgIpc) is 3.13. The van der Waals surface area contributed by atoms with Gasteiger partial charge in [0, 0.05) is 11.6 Å². The highest BCUT2D eigenvalue weighted by Crippen LogP contribution is 2.40. The molecule has 120 valence electrons. The maximum absolute atomic E-state index is 12.5. The Morgan fingerprint density at radius 1 is 1.39 bits per heavy atom. The molecule has 0 aliphatic carbocycles. The number of carbonyl (C=O) groups is 2. The molecule has 23 heavy (non-hydrogen) atoms. The second kappa shape index (κ2) is 6.12. The zero-order chi connectivity index (χ0) is 16.4. The number of ether oxygens (including phenoxy) is 2. The van der Waals surface area contributed by atoms with Crippen molar-refractivity contribution >= 4 is 17.7 Å². The fraction of sp³-hybridized carbons (Fsp3) is 0.312. The Morgan fingerprint density at radius 3 is 2.87 bits per heavy atom. The predicted octanol–water partition coefficient (Wildman–Crippen LogP) is 2.23. The average molecular weight is 316 g/mol. The number of esters is 1. The number of methoxy groups -OCH3 is 1. The predicted molar refractivity (Wildman–Crippen MR) is 79.8 cm³/mol. The third-order valence-electron chi connectivity index (χ3n) is 3.67. The SMILES string of the molecule is COc1ccccc1[C@@H]1OC(=O)C[C@H]1C(=O)Nc1cc(C)on1. The van der Waals surface area contributed by atoms with Gasteiger partial charge in [-0.25, -0.2) is 0 Å². The van der Waals surface area contributed by atoms with Gasteiger partial charge in [0.15, 0.2) is 5.82 Å². The maximum Gasteiger partial charge on any atom is 0.307 e. The minimum Gasteiger partial charge on any atom is -0.496 e. The lowest BCUT2D eigenvalue weighted by atomic mass is 9.93. The van der Waals surface area contributed by atoms with Crippen LogP contribution in [0.4, 0.5) is 5.82 Å². The fourth-order valence-electron chi connectivity index (χ4n) is 2.61. The highest BCUT2D eigenvalue weighted by Gasteiger charge is 2.42. The minimum atomic E-state index is -0.688. The second-order valence-electron chi connectivity index (χ2n) is 5.28. The van der Waals surface area contributed by atoms with Gasteiger partial charge < -0.3 is 19.3 Å². The van der Waals surface area contributed by atoms with E-state index in [1.807, 2.05) is 6.07 Å². The van der Waals surface area contributed by atoms with E-state index in [0.29, 0.717) is 22.9 Å². The zero-order valence-electron chi connectivity index (χ0n) is 12.7. The lowest BCUT2D eigenvalue weighted by Gasteiger charge is -2.19. The second-order valence-corrected chi connectivity index (χ2v) is 5.28. The molecule has 7 heteroatoms. The summed E-state index contributed by atoms with van der Waals surface area (Å²) in [7, 11) is 1.53. The first-order valence-electron chi connectivity index (χ1n) is 7.15. The first-order chi connectivity index (χ1) is 11.1. The van der Waals surface area contributed by atoms with Crippen LogP contribution in [0, 0.1) is 12.8 Å². The topological polar surface area (TPSA) is 90.7 Å². The number of cyclic esters (lactones) is 1. The number of hydrogen-bond acceptors (Lipinski definition) is 6. The summed E-state index contributed by atoms with van der Waals surface area (Å²) < 4.78 is 15.5. The quantitative estimate of drug-likeness (QED) is 0.870. The molecular formula is C16H16N2O5. The molecule has 0 saturated carbocycles. The van der Waals surface area contributed by atoms with Crippen LogP contribution in [0.15, 0.2) is 34.9 Å². The Morgan fingerprint density at radius 2 is 2.17 bits per heavy atom. The van der Waals surface area contributed by atoms with Crippen molar-refractivity contribution < 1.29 is 23.6 Å². The lowest BCUT2D eigenvalue weighted by molar-refractivity contribution is -0.141. The van der Waals surface area contributed by atoms with Gasteiger partial charge in [0.1, 0.15) is 17.6 Å². The molecule has 1 aromatic heterocycles. The molecule has 1 aliphatic heterocycles. The highest BCUT2D eigenvalue weighted by molar-refractivity contribution is 5.95. The monoisotopic (exact) mass is 316 g/mol. The Hall–Kier alpha value is -2.83. The molecular weight excluding hydrogens is 300 g/mol. The van der Waals surface area contributed by atoms with Crippen molar-refractivity contribution in [1.82, 2.24) is 5.16 Å². The molecule has 3 rings (SSSR count). The smallest absolute Gasteiger partial charge is 0.307 e. The number of anilines is 1. The van der Waals surface area contributed by atoms with E-state index in [9.17, 15) is 9.59 Å². The van der Waals surface area contributed by atoms with Gasteiger partial charge in [-0.2, -0.15) is 0 Å². The highest BCUT2D eigenvalue weighted by atomic mass is 16.6. The molecule has 0 radical (unpaired) electrons. The van der Waals surface area contributed by atoms with Gasteiger partial charge in [0.25, 0.3) is 0 Å². The zero-order valence-corrected chi connectivity index (χ0v) is 12.7. The van der Waals surface area contributed by atoms with Crippen LogP contribution in [0.25, 0.3) is 0 Å². The molecule has 1 aromatic carbocycles. The Bertz CT molecular complexity index is 740. The number of rotatable bonds is 4. The van der Waals surface area contributed by atoms with Crippen LogP contribution in [0.2, 0.25) is 0 Å². The third-order valence-corrected chi connectivity index (χ3v) is 3.67. The van der Waals surface area contributed by atoms with E-state index >= 15 is 0 Å². The van der Waals surface area contributed by atoms with Crippen LogP contribution < -0.4 is 10.1 Å². The van der Waals surface area contributed by atoms with Crippen molar-refractivity contribution in [3.8, 4) is 5.75 Å². The summed E-state index contributed by atoms with van der Waals surface area (Å²) in [4.78, 5) is 24.2. The van der Waals surface area contributed by atoms with Gasteiger partial charge in [-0.05, 0) is 13.0 Å². The van der Waals surface area contributed by atoms with Gasteiger partial charge >= 0.3 is 5.97 Å². The van der Waals surface area contributed by atoms with Crippen molar-refractivity contribution in [2.24, 2.45) is 5.92 Å². The molecule has 7 nitrogen and oxygen atoms in total. The number of carbonyl (C=O) groups excluding carboxylic acids is 2.